The lowest BCUT2D eigenvalue weighted by molar-refractivity contribution is 0.179. The number of hydrogen-bond acceptors (Lipinski definition) is 4. The van der Waals surface area contributed by atoms with E-state index in [1.54, 1.807) is 29.4 Å². The average Bonchev–Trinajstić information content (AvgIpc) is 3.25. The van der Waals surface area contributed by atoms with Gasteiger partial charge in [-0.1, -0.05) is 78.9 Å². The van der Waals surface area contributed by atoms with E-state index in [4.69, 9.17) is 17.0 Å². The standard InChI is InChI=1S/C27H20N3O2S/c31-27-30(25(18-32-27)20-7-2-1-3-8-20)24-13-14-28-17-23(24)12-15-29-26(33)22-11-10-19-6-4-5-9-21(19)16-22/h1-14,16-17,25H,18H2,(H,29,33)/t25-/m0/s1. The van der Waals surface area contributed by atoms with Crippen LogP contribution in [0.15, 0.2) is 91.3 Å². The smallest absolute Gasteiger partial charge is 0.415 e. The van der Waals surface area contributed by atoms with Gasteiger partial charge < -0.3 is 10.1 Å². The largest absolute Gasteiger partial charge is 0.447 e. The molecule has 1 N–H and O–H groups in total. The van der Waals surface area contributed by atoms with Crippen LogP contribution in [-0.4, -0.2) is 22.7 Å². The zero-order chi connectivity index (χ0) is 22.6. The molecule has 1 aromatic heterocycles. The van der Waals surface area contributed by atoms with Crippen LogP contribution >= 0.6 is 12.2 Å². The summed E-state index contributed by atoms with van der Waals surface area (Å²) in [6.07, 6.45) is 7.75. The van der Waals surface area contributed by atoms with Crippen molar-refractivity contribution in [2.45, 2.75) is 6.04 Å². The second kappa shape index (κ2) is 9.22. The van der Waals surface area contributed by atoms with Crippen molar-refractivity contribution in [3.63, 3.8) is 0 Å². The van der Waals surface area contributed by atoms with Crippen molar-refractivity contribution in [2.24, 2.45) is 0 Å². The van der Waals surface area contributed by atoms with Gasteiger partial charge in [-0.3, -0.25) is 9.88 Å². The van der Waals surface area contributed by atoms with Crippen LogP contribution in [0.3, 0.4) is 0 Å². The fraction of sp³-hybridized carbons (Fsp3) is 0.0741. The highest BCUT2D eigenvalue weighted by Gasteiger charge is 2.36. The lowest BCUT2D eigenvalue weighted by Crippen LogP contribution is -2.28. The lowest BCUT2D eigenvalue weighted by Gasteiger charge is -2.23. The van der Waals surface area contributed by atoms with E-state index >= 15 is 0 Å². The maximum atomic E-state index is 12.6. The summed E-state index contributed by atoms with van der Waals surface area (Å²) in [6.45, 7) is 0.294. The van der Waals surface area contributed by atoms with E-state index in [2.05, 4.69) is 28.6 Å². The molecule has 0 spiro atoms. The van der Waals surface area contributed by atoms with Crippen molar-refractivity contribution >= 4 is 45.8 Å². The van der Waals surface area contributed by atoms with Gasteiger partial charge in [0.25, 0.3) is 0 Å². The van der Waals surface area contributed by atoms with Crippen molar-refractivity contribution in [1.82, 2.24) is 10.3 Å². The number of carbonyl (C=O) groups is 1. The number of cyclic esters (lactones) is 1. The first-order valence-corrected chi connectivity index (χ1v) is 10.9. The van der Waals surface area contributed by atoms with Crippen molar-refractivity contribution < 1.29 is 9.53 Å². The minimum absolute atomic E-state index is 0.208. The quantitative estimate of drug-likeness (QED) is 0.314. The van der Waals surface area contributed by atoms with Crippen LogP contribution in [0.25, 0.3) is 16.8 Å². The molecule has 161 valence electrons. The third-order valence-corrected chi connectivity index (χ3v) is 5.91. The average molecular weight is 451 g/mol. The third kappa shape index (κ3) is 4.33. The van der Waals surface area contributed by atoms with Crippen LogP contribution in [0.5, 0.6) is 0 Å². The van der Waals surface area contributed by atoms with E-state index in [0.717, 1.165) is 27.5 Å². The molecule has 1 radical (unpaired) electrons. The fourth-order valence-electron chi connectivity index (χ4n) is 3.92. The number of pyridine rings is 1. The van der Waals surface area contributed by atoms with Crippen LogP contribution in [-0.2, 0) is 4.74 Å². The third-order valence-electron chi connectivity index (χ3n) is 5.57. The summed E-state index contributed by atoms with van der Waals surface area (Å²) >= 11 is 5.55. The molecule has 2 heterocycles. The molecular formula is C27H20N3O2S. The first-order chi connectivity index (χ1) is 16.2. The number of nitrogens with one attached hydrogen (secondary N) is 1. The molecule has 1 fully saturated rings. The molecule has 1 atom stereocenters. The van der Waals surface area contributed by atoms with Gasteiger partial charge in [0.05, 0.1) is 17.9 Å². The summed E-state index contributed by atoms with van der Waals surface area (Å²) in [6, 6.07) is 25.7. The molecular weight excluding hydrogens is 430 g/mol. The second-order valence-corrected chi connectivity index (χ2v) is 8.02. The molecule has 0 bridgehead atoms. The summed E-state index contributed by atoms with van der Waals surface area (Å²) < 4.78 is 5.37. The monoisotopic (exact) mass is 450 g/mol. The molecule has 0 aliphatic carbocycles. The fourth-order valence-corrected chi connectivity index (χ4v) is 4.11. The maximum Gasteiger partial charge on any atom is 0.415 e. The molecule has 0 saturated carbocycles. The van der Waals surface area contributed by atoms with Crippen LogP contribution in [0.1, 0.15) is 22.7 Å². The zero-order valence-corrected chi connectivity index (χ0v) is 18.5. The Morgan fingerprint density at radius 2 is 1.85 bits per heavy atom. The molecule has 4 aromatic rings. The van der Waals surface area contributed by atoms with Gasteiger partial charge in [0.2, 0.25) is 0 Å². The number of fused-ring (bicyclic) bond motifs is 1. The van der Waals surface area contributed by atoms with Gasteiger partial charge >= 0.3 is 6.09 Å². The molecule has 3 aromatic carbocycles. The van der Waals surface area contributed by atoms with Crippen molar-refractivity contribution in [3.8, 4) is 0 Å². The molecule has 33 heavy (non-hydrogen) atoms. The van der Waals surface area contributed by atoms with Gasteiger partial charge in [-0.15, -0.1) is 0 Å². The van der Waals surface area contributed by atoms with Crippen molar-refractivity contribution in [2.75, 3.05) is 11.5 Å². The number of hydrogen-bond donors (Lipinski definition) is 1. The molecule has 1 aliphatic rings. The first kappa shape index (κ1) is 20.8. The van der Waals surface area contributed by atoms with Crippen LogP contribution in [0, 0.1) is 6.20 Å². The van der Waals surface area contributed by atoms with Gasteiger partial charge in [0.1, 0.15) is 11.6 Å². The highest BCUT2D eigenvalue weighted by atomic mass is 32.1. The summed E-state index contributed by atoms with van der Waals surface area (Å²) in [4.78, 5) is 19.0. The van der Waals surface area contributed by atoms with E-state index < -0.39 is 0 Å². The number of amides is 1. The number of carbonyl (C=O) groups excluding carboxylic acids is 1. The minimum atomic E-state index is -0.385. The molecule has 1 saturated heterocycles. The SMILES string of the molecule is O=C1OC[C@@H](c2ccccc2)N1c1ccncc1/C=[C]/NC(=S)c1ccc2ccccc2c1. The van der Waals surface area contributed by atoms with Crippen LogP contribution in [0.2, 0.25) is 0 Å². The minimum Gasteiger partial charge on any atom is -0.447 e. The van der Waals surface area contributed by atoms with Gasteiger partial charge in [0, 0.05) is 23.5 Å². The van der Waals surface area contributed by atoms with E-state index in [-0.39, 0.29) is 12.1 Å². The number of rotatable bonds is 5. The van der Waals surface area contributed by atoms with Gasteiger partial charge in [0.15, 0.2) is 0 Å². The Kier molecular flexibility index (Phi) is 5.83. The normalized spacial score (nSPS) is 15.7. The summed E-state index contributed by atoms with van der Waals surface area (Å²) in [5.74, 6) is 0. The number of ether oxygens (including phenoxy) is 1. The first-order valence-electron chi connectivity index (χ1n) is 10.5. The van der Waals surface area contributed by atoms with E-state index in [9.17, 15) is 4.79 Å². The van der Waals surface area contributed by atoms with E-state index in [1.165, 1.54) is 0 Å². The summed E-state index contributed by atoms with van der Waals surface area (Å²) in [5.41, 5.74) is 3.34. The van der Waals surface area contributed by atoms with Crippen molar-refractivity contribution in [3.05, 3.63) is 114 Å². The Morgan fingerprint density at radius 3 is 2.70 bits per heavy atom. The Labute approximate surface area is 197 Å². The number of benzene rings is 3. The topological polar surface area (TPSA) is 54.5 Å². The van der Waals surface area contributed by atoms with Crippen LogP contribution < -0.4 is 10.2 Å². The van der Waals surface area contributed by atoms with E-state index in [0.29, 0.717) is 17.3 Å². The number of anilines is 1. The van der Waals surface area contributed by atoms with Crippen LogP contribution in [0.4, 0.5) is 10.5 Å². The Bertz CT molecular complexity index is 1350. The highest BCUT2D eigenvalue weighted by Crippen LogP contribution is 2.35. The lowest BCUT2D eigenvalue weighted by atomic mass is 10.1. The second-order valence-electron chi connectivity index (χ2n) is 7.61. The molecule has 5 rings (SSSR count). The summed E-state index contributed by atoms with van der Waals surface area (Å²) in [5, 5.41) is 5.33. The predicted octanol–water partition coefficient (Wildman–Crippen LogP) is 5.67. The summed E-state index contributed by atoms with van der Waals surface area (Å²) in [7, 11) is 0. The zero-order valence-electron chi connectivity index (χ0n) is 17.6. The molecule has 1 aliphatic heterocycles. The van der Waals surface area contributed by atoms with Crippen molar-refractivity contribution in [1.29, 1.82) is 0 Å². The van der Waals surface area contributed by atoms with Gasteiger partial charge in [-0.05, 0) is 34.5 Å². The highest BCUT2D eigenvalue weighted by molar-refractivity contribution is 7.80. The van der Waals surface area contributed by atoms with Gasteiger partial charge in [-0.2, -0.15) is 0 Å². The Balaban J connectivity index is 1.37. The maximum absolute atomic E-state index is 12.6. The Hall–Kier alpha value is -4.03. The van der Waals surface area contributed by atoms with E-state index in [1.807, 2.05) is 60.7 Å². The molecule has 0 unspecified atom stereocenters. The predicted molar refractivity (Wildman–Crippen MR) is 134 cm³/mol. The molecule has 6 heteroatoms. The molecule has 1 amide bonds. The van der Waals surface area contributed by atoms with Gasteiger partial charge in [-0.25, -0.2) is 4.79 Å². The number of thiocarbonyl (C=S) groups is 1. The molecule has 5 nitrogen and oxygen atoms in total. The number of aromatic nitrogens is 1. The Morgan fingerprint density at radius 1 is 1.06 bits per heavy atom. The number of nitrogens with zero attached hydrogens (tertiary/aromatic N) is 2.